The van der Waals surface area contributed by atoms with E-state index >= 15 is 0 Å². The molecule has 0 bridgehead atoms. The van der Waals surface area contributed by atoms with Crippen molar-refractivity contribution in [2.45, 2.75) is 9.79 Å². The van der Waals surface area contributed by atoms with Gasteiger partial charge in [-0.05, 0) is 18.2 Å². The Bertz CT molecular complexity index is 664. The average molecular weight is 322 g/mol. The van der Waals surface area contributed by atoms with Gasteiger partial charge in [0.25, 0.3) is 0 Å². The number of primary sulfonamides is 1. The SMILES string of the molecule is NS(=O)(=O)c1cccc(S(=O)(=O)N2CCSCC2)c1. The quantitative estimate of drug-likeness (QED) is 0.849. The van der Waals surface area contributed by atoms with Crippen molar-refractivity contribution in [3.05, 3.63) is 24.3 Å². The highest BCUT2D eigenvalue weighted by molar-refractivity contribution is 7.99. The maximum Gasteiger partial charge on any atom is 0.243 e. The third-order valence-corrected chi connectivity index (χ3v) is 6.49. The summed E-state index contributed by atoms with van der Waals surface area (Å²) in [5.41, 5.74) is 0. The normalized spacial score (nSPS) is 18.4. The standard InChI is InChI=1S/C10H14N2O4S3/c11-18(13,14)9-2-1-3-10(8-9)19(15,16)12-4-6-17-7-5-12/h1-3,8H,4-7H2,(H2,11,13,14). The van der Waals surface area contributed by atoms with Crippen molar-refractivity contribution >= 4 is 31.8 Å². The Morgan fingerprint density at radius 3 is 2.21 bits per heavy atom. The minimum Gasteiger partial charge on any atom is -0.225 e. The van der Waals surface area contributed by atoms with E-state index in [9.17, 15) is 16.8 Å². The van der Waals surface area contributed by atoms with Gasteiger partial charge in [0, 0.05) is 24.6 Å². The molecule has 0 atom stereocenters. The van der Waals surface area contributed by atoms with E-state index in [1.54, 1.807) is 11.8 Å². The zero-order valence-corrected chi connectivity index (χ0v) is 12.5. The van der Waals surface area contributed by atoms with Gasteiger partial charge in [-0.1, -0.05) is 6.07 Å². The molecule has 0 radical (unpaired) electrons. The lowest BCUT2D eigenvalue weighted by Gasteiger charge is -2.25. The largest absolute Gasteiger partial charge is 0.243 e. The van der Waals surface area contributed by atoms with Crippen LogP contribution in [0.1, 0.15) is 0 Å². The molecule has 6 nitrogen and oxygen atoms in total. The fourth-order valence-corrected chi connectivity index (χ4v) is 5.00. The molecule has 0 saturated carbocycles. The van der Waals surface area contributed by atoms with Crippen molar-refractivity contribution in [3.63, 3.8) is 0 Å². The van der Waals surface area contributed by atoms with Crippen LogP contribution in [0.15, 0.2) is 34.1 Å². The van der Waals surface area contributed by atoms with Crippen LogP contribution in [-0.4, -0.2) is 45.7 Å². The number of hydrogen-bond donors (Lipinski definition) is 1. The van der Waals surface area contributed by atoms with Gasteiger partial charge in [0.1, 0.15) is 0 Å². The van der Waals surface area contributed by atoms with Crippen molar-refractivity contribution in [2.24, 2.45) is 5.14 Å². The monoisotopic (exact) mass is 322 g/mol. The number of nitrogens with two attached hydrogens (primary N) is 1. The fraction of sp³-hybridized carbons (Fsp3) is 0.400. The molecule has 1 aromatic carbocycles. The molecule has 1 saturated heterocycles. The van der Waals surface area contributed by atoms with Crippen molar-refractivity contribution in [1.29, 1.82) is 0 Å². The predicted molar refractivity (Wildman–Crippen MR) is 73.9 cm³/mol. The van der Waals surface area contributed by atoms with Gasteiger partial charge < -0.3 is 0 Å². The van der Waals surface area contributed by atoms with Gasteiger partial charge >= 0.3 is 0 Å². The van der Waals surface area contributed by atoms with Gasteiger partial charge in [-0.3, -0.25) is 0 Å². The Hall–Kier alpha value is -0.610. The van der Waals surface area contributed by atoms with Crippen molar-refractivity contribution in [1.82, 2.24) is 4.31 Å². The maximum atomic E-state index is 12.3. The molecule has 0 amide bonds. The van der Waals surface area contributed by atoms with E-state index in [1.807, 2.05) is 0 Å². The van der Waals surface area contributed by atoms with Crippen LogP contribution in [-0.2, 0) is 20.0 Å². The lowest BCUT2D eigenvalue weighted by atomic mass is 10.4. The first-order valence-corrected chi connectivity index (χ1v) is 9.67. The van der Waals surface area contributed by atoms with E-state index in [4.69, 9.17) is 5.14 Å². The van der Waals surface area contributed by atoms with E-state index in [2.05, 4.69) is 0 Å². The molecule has 1 aromatic rings. The van der Waals surface area contributed by atoms with E-state index < -0.39 is 20.0 Å². The second kappa shape index (κ2) is 5.41. The van der Waals surface area contributed by atoms with Crippen LogP contribution in [0.25, 0.3) is 0 Å². The molecular formula is C10H14N2O4S3. The maximum absolute atomic E-state index is 12.3. The molecule has 2 N–H and O–H groups in total. The van der Waals surface area contributed by atoms with Gasteiger partial charge in [0.2, 0.25) is 20.0 Å². The summed E-state index contributed by atoms with van der Waals surface area (Å²) in [5, 5.41) is 5.01. The smallest absolute Gasteiger partial charge is 0.225 e. The summed E-state index contributed by atoms with van der Waals surface area (Å²) in [6.07, 6.45) is 0. The van der Waals surface area contributed by atoms with Gasteiger partial charge in [-0.25, -0.2) is 22.0 Å². The summed E-state index contributed by atoms with van der Waals surface area (Å²) in [6.45, 7) is 0.874. The van der Waals surface area contributed by atoms with E-state index in [0.29, 0.717) is 13.1 Å². The molecule has 106 valence electrons. The predicted octanol–water partition coefficient (Wildman–Crippen LogP) is 0.0715. The summed E-state index contributed by atoms with van der Waals surface area (Å²) in [6, 6.07) is 5.14. The van der Waals surface area contributed by atoms with E-state index in [1.165, 1.54) is 22.5 Å². The van der Waals surface area contributed by atoms with Crippen molar-refractivity contribution < 1.29 is 16.8 Å². The summed E-state index contributed by atoms with van der Waals surface area (Å²) in [4.78, 5) is -0.231. The fourth-order valence-electron chi connectivity index (χ4n) is 1.75. The molecule has 19 heavy (non-hydrogen) atoms. The zero-order chi connectivity index (χ0) is 14.1. The Balaban J connectivity index is 2.41. The Kier molecular flexibility index (Phi) is 4.21. The molecule has 9 heteroatoms. The Morgan fingerprint density at radius 2 is 1.63 bits per heavy atom. The first-order chi connectivity index (χ1) is 8.82. The molecular weight excluding hydrogens is 308 g/mol. The van der Waals surface area contributed by atoms with Crippen LogP contribution in [0.5, 0.6) is 0 Å². The van der Waals surface area contributed by atoms with Crippen LogP contribution in [0.4, 0.5) is 0 Å². The van der Waals surface area contributed by atoms with E-state index in [0.717, 1.165) is 17.6 Å². The molecule has 2 rings (SSSR count). The van der Waals surface area contributed by atoms with E-state index in [-0.39, 0.29) is 9.79 Å². The van der Waals surface area contributed by atoms with Crippen LogP contribution < -0.4 is 5.14 Å². The lowest BCUT2D eigenvalue weighted by molar-refractivity contribution is 0.443. The third kappa shape index (κ3) is 3.29. The topological polar surface area (TPSA) is 97.5 Å². The number of rotatable bonds is 3. The second-order valence-corrected chi connectivity index (χ2v) is 8.76. The highest BCUT2D eigenvalue weighted by Gasteiger charge is 2.26. The summed E-state index contributed by atoms with van der Waals surface area (Å²) in [5.74, 6) is 1.49. The van der Waals surface area contributed by atoms with Crippen molar-refractivity contribution in [2.75, 3.05) is 24.6 Å². The van der Waals surface area contributed by atoms with Gasteiger partial charge in [-0.15, -0.1) is 0 Å². The summed E-state index contributed by atoms with van der Waals surface area (Å²) < 4.78 is 48.6. The third-order valence-electron chi connectivity index (χ3n) is 2.74. The number of thioether (sulfide) groups is 1. The molecule has 0 spiro atoms. The minimum atomic E-state index is -3.90. The Labute approximate surface area is 117 Å². The second-order valence-electron chi connectivity index (χ2n) is 4.04. The first kappa shape index (κ1) is 14.8. The first-order valence-electron chi connectivity index (χ1n) is 5.52. The highest BCUT2D eigenvalue weighted by Crippen LogP contribution is 2.21. The Morgan fingerprint density at radius 1 is 1.05 bits per heavy atom. The zero-order valence-electron chi connectivity index (χ0n) is 10.0. The van der Waals surface area contributed by atoms with Crippen LogP contribution in [0, 0.1) is 0 Å². The van der Waals surface area contributed by atoms with Gasteiger partial charge in [0.05, 0.1) is 9.79 Å². The summed E-state index contributed by atoms with van der Waals surface area (Å²) in [7, 11) is -7.55. The molecule has 1 aliphatic heterocycles. The van der Waals surface area contributed by atoms with Crippen LogP contribution in [0.2, 0.25) is 0 Å². The molecule has 1 aliphatic rings. The minimum absolute atomic E-state index is 0.0362. The molecule has 0 aromatic heterocycles. The average Bonchev–Trinajstić information content (AvgIpc) is 2.39. The van der Waals surface area contributed by atoms with Gasteiger partial charge in [0.15, 0.2) is 0 Å². The number of benzene rings is 1. The molecule has 0 aliphatic carbocycles. The highest BCUT2D eigenvalue weighted by atomic mass is 32.2. The van der Waals surface area contributed by atoms with Crippen molar-refractivity contribution in [3.8, 4) is 0 Å². The molecule has 1 fully saturated rings. The number of nitrogens with zero attached hydrogens (tertiary/aromatic N) is 1. The summed E-state index contributed by atoms with van der Waals surface area (Å²) >= 11 is 1.70. The molecule has 0 unspecified atom stereocenters. The van der Waals surface area contributed by atoms with Crippen LogP contribution >= 0.6 is 11.8 Å². The number of hydrogen-bond acceptors (Lipinski definition) is 5. The van der Waals surface area contributed by atoms with Gasteiger partial charge in [-0.2, -0.15) is 16.1 Å². The number of sulfonamides is 2. The van der Waals surface area contributed by atoms with Crippen LogP contribution in [0.3, 0.4) is 0 Å². The lowest BCUT2D eigenvalue weighted by Crippen LogP contribution is -2.37. The molecule has 1 heterocycles.